The maximum Gasteiger partial charge on any atom is 0.256 e. The number of nitrogens with one attached hydrogen (secondary N) is 1. The number of benzene rings is 2. The van der Waals surface area contributed by atoms with Crippen molar-refractivity contribution in [2.24, 2.45) is 0 Å². The molecule has 2 nitrogen and oxygen atoms in total. The van der Waals surface area contributed by atoms with E-state index in [0.29, 0.717) is 10.0 Å². The molecule has 0 atom stereocenters. The number of amides is 1. The summed E-state index contributed by atoms with van der Waals surface area (Å²) in [6, 6.07) is 7.33. The topological polar surface area (TPSA) is 29.1 Å². The van der Waals surface area contributed by atoms with E-state index in [9.17, 15) is 9.18 Å². The van der Waals surface area contributed by atoms with Crippen molar-refractivity contribution < 1.29 is 9.18 Å². The number of hydrogen-bond acceptors (Lipinski definition) is 1. The largest absolute Gasteiger partial charge is 0.319 e. The Bertz CT molecular complexity index is 671. The molecule has 0 aromatic heterocycles. The summed E-state index contributed by atoms with van der Waals surface area (Å²) in [6.45, 7) is 0. The molecule has 0 radical (unpaired) electrons. The van der Waals surface area contributed by atoms with Gasteiger partial charge < -0.3 is 5.32 Å². The van der Waals surface area contributed by atoms with E-state index in [1.54, 1.807) is 18.2 Å². The van der Waals surface area contributed by atoms with Crippen molar-refractivity contribution >= 4 is 66.7 Å². The first-order valence-corrected chi connectivity index (χ1v) is 7.63. The molecule has 2 rings (SSSR count). The maximum atomic E-state index is 13.1. The minimum Gasteiger partial charge on any atom is -0.319 e. The molecular formula is C13H6Br2Cl2FNO. The van der Waals surface area contributed by atoms with Crippen LogP contribution in [-0.4, -0.2) is 5.91 Å². The highest BCUT2D eigenvalue weighted by Crippen LogP contribution is 2.32. The quantitative estimate of drug-likeness (QED) is 0.616. The van der Waals surface area contributed by atoms with E-state index in [0.717, 1.165) is 16.6 Å². The summed E-state index contributed by atoms with van der Waals surface area (Å²) in [4.78, 5) is 12.2. The fourth-order valence-electron chi connectivity index (χ4n) is 1.51. The summed E-state index contributed by atoms with van der Waals surface area (Å²) in [6.07, 6.45) is 0. The highest BCUT2D eigenvalue weighted by Gasteiger charge is 2.15. The van der Waals surface area contributed by atoms with Crippen LogP contribution in [0, 0.1) is 5.82 Å². The molecule has 0 unspecified atom stereocenters. The summed E-state index contributed by atoms with van der Waals surface area (Å²) in [5.41, 5.74) is 0.572. The summed E-state index contributed by atoms with van der Waals surface area (Å²) >= 11 is 18.3. The van der Waals surface area contributed by atoms with Gasteiger partial charge in [0.15, 0.2) is 0 Å². The molecule has 0 heterocycles. The van der Waals surface area contributed by atoms with Crippen molar-refractivity contribution in [2.45, 2.75) is 0 Å². The van der Waals surface area contributed by atoms with Crippen LogP contribution in [0.1, 0.15) is 10.4 Å². The molecule has 0 fully saturated rings. The van der Waals surface area contributed by atoms with E-state index >= 15 is 0 Å². The van der Waals surface area contributed by atoms with E-state index in [1.807, 2.05) is 0 Å². The second kappa shape index (κ2) is 6.43. The zero-order valence-corrected chi connectivity index (χ0v) is 14.4. The Hall–Kier alpha value is -0.620. The van der Waals surface area contributed by atoms with E-state index in [1.165, 1.54) is 0 Å². The predicted molar refractivity (Wildman–Crippen MR) is 86.2 cm³/mol. The number of carbonyl (C=O) groups excluding carboxylic acids is 1. The van der Waals surface area contributed by atoms with Crippen molar-refractivity contribution in [3.8, 4) is 0 Å². The number of hydrogen-bond donors (Lipinski definition) is 1. The zero-order valence-electron chi connectivity index (χ0n) is 9.68. The van der Waals surface area contributed by atoms with Crippen molar-refractivity contribution in [1.82, 2.24) is 0 Å². The second-order valence-electron chi connectivity index (χ2n) is 3.82. The third-order valence-corrected chi connectivity index (χ3v) is 4.20. The van der Waals surface area contributed by atoms with Gasteiger partial charge >= 0.3 is 0 Å². The zero-order chi connectivity index (χ0) is 14.9. The average Bonchev–Trinajstić information content (AvgIpc) is 2.36. The fraction of sp³-hybridized carbons (Fsp3) is 0. The standard InChI is InChI=1S/C13H6Br2Cl2FNO/c14-6-1-2-9(15)8(3-6)13(20)19-12-10(16)4-7(18)5-11(12)17/h1-5H,(H,19,20). The van der Waals surface area contributed by atoms with Gasteiger partial charge in [0.25, 0.3) is 5.91 Å². The molecule has 0 bridgehead atoms. The highest BCUT2D eigenvalue weighted by atomic mass is 79.9. The van der Waals surface area contributed by atoms with Gasteiger partial charge in [-0.15, -0.1) is 0 Å². The first-order valence-electron chi connectivity index (χ1n) is 5.29. The molecule has 1 N–H and O–H groups in total. The van der Waals surface area contributed by atoms with Gasteiger partial charge in [0.05, 0.1) is 21.3 Å². The molecule has 0 saturated heterocycles. The molecule has 104 valence electrons. The van der Waals surface area contributed by atoms with Crippen LogP contribution in [-0.2, 0) is 0 Å². The molecule has 20 heavy (non-hydrogen) atoms. The number of anilines is 1. The number of halogens is 5. The van der Waals surface area contributed by atoms with E-state index in [2.05, 4.69) is 37.2 Å². The van der Waals surface area contributed by atoms with Crippen molar-refractivity contribution in [2.75, 3.05) is 5.32 Å². The molecule has 1 amide bonds. The first-order chi connectivity index (χ1) is 9.38. The molecule has 0 aliphatic rings. The normalized spacial score (nSPS) is 10.4. The van der Waals surface area contributed by atoms with Crippen molar-refractivity contribution in [3.63, 3.8) is 0 Å². The lowest BCUT2D eigenvalue weighted by Crippen LogP contribution is -2.13. The smallest absolute Gasteiger partial charge is 0.256 e. The molecule has 7 heteroatoms. The minimum atomic E-state index is -0.568. The van der Waals surface area contributed by atoms with Crippen LogP contribution in [0.4, 0.5) is 10.1 Å². The van der Waals surface area contributed by atoms with Gasteiger partial charge in [-0.05, 0) is 46.3 Å². The predicted octanol–water partition coefficient (Wildman–Crippen LogP) is 5.91. The third-order valence-electron chi connectivity index (χ3n) is 2.42. The van der Waals surface area contributed by atoms with Gasteiger partial charge in [0, 0.05) is 8.95 Å². The second-order valence-corrected chi connectivity index (χ2v) is 6.41. The van der Waals surface area contributed by atoms with E-state index in [-0.39, 0.29) is 15.7 Å². The average molecular weight is 442 g/mol. The molecule has 0 spiro atoms. The van der Waals surface area contributed by atoms with Crippen LogP contribution >= 0.6 is 55.1 Å². The van der Waals surface area contributed by atoms with Crippen LogP contribution < -0.4 is 5.32 Å². The van der Waals surface area contributed by atoms with Crippen LogP contribution in [0.3, 0.4) is 0 Å². The van der Waals surface area contributed by atoms with Gasteiger partial charge in [-0.3, -0.25) is 4.79 Å². The lowest BCUT2D eigenvalue weighted by molar-refractivity contribution is 0.102. The van der Waals surface area contributed by atoms with E-state index in [4.69, 9.17) is 23.2 Å². The number of rotatable bonds is 2. The Morgan fingerprint density at radius 3 is 2.30 bits per heavy atom. The van der Waals surface area contributed by atoms with Crippen LogP contribution in [0.5, 0.6) is 0 Å². The van der Waals surface area contributed by atoms with Gasteiger partial charge in [-0.25, -0.2) is 4.39 Å². The summed E-state index contributed by atoms with van der Waals surface area (Å²) in [5.74, 6) is -0.977. The first kappa shape index (κ1) is 15.8. The lowest BCUT2D eigenvalue weighted by atomic mass is 10.2. The Morgan fingerprint density at radius 1 is 1.10 bits per heavy atom. The molecule has 2 aromatic carbocycles. The molecule has 0 aliphatic carbocycles. The van der Waals surface area contributed by atoms with Gasteiger partial charge in [-0.1, -0.05) is 39.1 Å². The summed E-state index contributed by atoms with van der Waals surface area (Å²) in [5, 5.41) is 2.64. The summed E-state index contributed by atoms with van der Waals surface area (Å²) < 4.78 is 14.5. The monoisotopic (exact) mass is 439 g/mol. The molecule has 0 aliphatic heterocycles. The Morgan fingerprint density at radius 2 is 1.70 bits per heavy atom. The molecular weight excluding hydrogens is 436 g/mol. The maximum absolute atomic E-state index is 13.1. The van der Waals surface area contributed by atoms with Crippen molar-refractivity contribution in [1.29, 1.82) is 0 Å². The lowest BCUT2D eigenvalue weighted by Gasteiger charge is -2.10. The van der Waals surface area contributed by atoms with Crippen molar-refractivity contribution in [3.05, 3.63) is 60.7 Å². The van der Waals surface area contributed by atoms with Crippen LogP contribution in [0.15, 0.2) is 39.3 Å². The minimum absolute atomic E-state index is 0.0365. The summed E-state index contributed by atoms with van der Waals surface area (Å²) in [7, 11) is 0. The van der Waals surface area contributed by atoms with Gasteiger partial charge in [-0.2, -0.15) is 0 Å². The fourth-order valence-corrected chi connectivity index (χ4v) is 2.86. The van der Waals surface area contributed by atoms with Gasteiger partial charge in [0.2, 0.25) is 0 Å². The highest BCUT2D eigenvalue weighted by molar-refractivity contribution is 9.11. The number of carbonyl (C=O) groups is 1. The van der Waals surface area contributed by atoms with Gasteiger partial charge in [0.1, 0.15) is 5.82 Å². The Labute approximate surface area is 141 Å². The Balaban J connectivity index is 2.35. The molecule has 2 aromatic rings. The third kappa shape index (κ3) is 3.52. The SMILES string of the molecule is O=C(Nc1c(Cl)cc(F)cc1Cl)c1cc(Br)ccc1Br. The Kier molecular flexibility index (Phi) is 5.07. The van der Waals surface area contributed by atoms with Crippen LogP contribution in [0.25, 0.3) is 0 Å². The van der Waals surface area contributed by atoms with E-state index < -0.39 is 11.7 Å². The van der Waals surface area contributed by atoms with Crippen LogP contribution in [0.2, 0.25) is 10.0 Å². The molecule has 0 saturated carbocycles.